The molecule has 0 aliphatic rings. The summed E-state index contributed by atoms with van der Waals surface area (Å²) in [5, 5.41) is 15.3. The summed E-state index contributed by atoms with van der Waals surface area (Å²) >= 11 is 7.21. The number of benzene rings is 2. The van der Waals surface area contributed by atoms with Crippen LogP contribution in [0.5, 0.6) is 0 Å². The van der Waals surface area contributed by atoms with Gasteiger partial charge in [0, 0.05) is 22.8 Å². The largest absolute Gasteiger partial charge is 0.342 e. The number of hydrogen-bond acceptors (Lipinski definition) is 5. The van der Waals surface area contributed by atoms with Crippen molar-refractivity contribution in [3.63, 3.8) is 0 Å². The van der Waals surface area contributed by atoms with E-state index < -0.39 is 0 Å². The van der Waals surface area contributed by atoms with Gasteiger partial charge in [-0.3, -0.25) is 9.59 Å². The van der Waals surface area contributed by atoms with E-state index in [1.807, 2.05) is 30.5 Å². The molecule has 3 aromatic rings. The van der Waals surface area contributed by atoms with Crippen LogP contribution >= 0.6 is 23.4 Å². The van der Waals surface area contributed by atoms with Gasteiger partial charge in [0.2, 0.25) is 5.91 Å². The van der Waals surface area contributed by atoms with E-state index in [1.54, 1.807) is 42.5 Å². The Bertz CT molecular complexity index is 1110. The monoisotopic (exact) mass is 469 g/mol. The van der Waals surface area contributed by atoms with Crippen molar-refractivity contribution in [1.82, 2.24) is 20.1 Å². The van der Waals surface area contributed by atoms with Crippen molar-refractivity contribution < 1.29 is 9.59 Å². The molecule has 0 unspecified atom stereocenters. The normalized spacial score (nSPS) is 11.6. The summed E-state index contributed by atoms with van der Waals surface area (Å²) in [7, 11) is 0. The standard InChI is InChI=1S/C23H24ClN5O2S/c1-4-12-29-21(16(3)25-22(31)17-10-8-15(2)9-11-17)27-28-23(29)32-14-20(30)26-19-7-5-6-18(24)13-19/h4-11,13,16H,1,12,14H2,2-3H3,(H,25,31)(H,26,30)/t16-/m1/s1. The van der Waals surface area contributed by atoms with Crippen molar-refractivity contribution >= 4 is 40.9 Å². The van der Waals surface area contributed by atoms with E-state index in [0.717, 1.165) is 5.56 Å². The topological polar surface area (TPSA) is 88.9 Å². The Hall–Kier alpha value is -3.10. The van der Waals surface area contributed by atoms with Crippen LogP contribution < -0.4 is 10.6 Å². The van der Waals surface area contributed by atoms with Gasteiger partial charge in [-0.05, 0) is 44.2 Å². The Kier molecular flexibility index (Phi) is 8.08. The van der Waals surface area contributed by atoms with Crippen molar-refractivity contribution in [3.8, 4) is 0 Å². The fourth-order valence-corrected chi connectivity index (χ4v) is 3.92. The molecule has 0 bridgehead atoms. The highest BCUT2D eigenvalue weighted by Crippen LogP contribution is 2.22. The van der Waals surface area contributed by atoms with E-state index in [4.69, 9.17) is 11.6 Å². The van der Waals surface area contributed by atoms with Crippen LogP contribution in [0.4, 0.5) is 5.69 Å². The minimum atomic E-state index is -0.383. The summed E-state index contributed by atoms with van der Waals surface area (Å²) in [6.45, 7) is 8.05. The van der Waals surface area contributed by atoms with Gasteiger partial charge in [0.1, 0.15) is 0 Å². The predicted molar refractivity (Wildman–Crippen MR) is 128 cm³/mol. The number of carbonyl (C=O) groups is 2. The molecular formula is C23H24ClN5O2S. The first-order chi connectivity index (χ1) is 15.4. The molecule has 0 aliphatic heterocycles. The number of allylic oxidation sites excluding steroid dienone is 1. The van der Waals surface area contributed by atoms with Gasteiger partial charge in [-0.1, -0.05) is 53.2 Å². The summed E-state index contributed by atoms with van der Waals surface area (Å²) < 4.78 is 1.84. The number of nitrogens with zero attached hydrogens (tertiary/aromatic N) is 3. The first-order valence-corrected chi connectivity index (χ1v) is 11.3. The van der Waals surface area contributed by atoms with E-state index in [1.165, 1.54) is 11.8 Å². The summed E-state index contributed by atoms with van der Waals surface area (Å²) in [6.07, 6.45) is 1.72. The average Bonchev–Trinajstić information content (AvgIpc) is 3.15. The number of thioether (sulfide) groups is 1. The molecule has 0 saturated heterocycles. The molecule has 32 heavy (non-hydrogen) atoms. The molecule has 1 heterocycles. The second kappa shape index (κ2) is 11.0. The predicted octanol–water partition coefficient (Wildman–Crippen LogP) is 4.65. The van der Waals surface area contributed by atoms with Crippen LogP contribution in [0.2, 0.25) is 5.02 Å². The number of rotatable bonds is 9. The van der Waals surface area contributed by atoms with E-state index >= 15 is 0 Å². The highest BCUT2D eigenvalue weighted by atomic mass is 35.5. The van der Waals surface area contributed by atoms with Crippen molar-refractivity contribution in [2.24, 2.45) is 0 Å². The fraction of sp³-hybridized carbons (Fsp3) is 0.217. The van der Waals surface area contributed by atoms with Crippen LogP contribution in [0.3, 0.4) is 0 Å². The Balaban J connectivity index is 1.66. The molecule has 0 fully saturated rings. The number of amides is 2. The Morgan fingerprint density at radius 2 is 1.97 bits per heavy atom. The molecule has 0 aliphatic carbocycles. The highest BCUT2D eigenvalue weighted by Gasteiger charge is 2.20. The molecule has 2 aromatic carbocycles. The first kappa shape index (κ1) is 23.6. The van der Waals surface area contributed by atoms with Crippen LogP contribution in [0.1, 0.15) is 34.7 Å². The number of hydrogen-bond donors (Lipinski definition) is 2. The molecular weight excluding hydrogens is 446 g/mol. The number of anilines is 1. The quantitative estimate of drug-likeness (QED) is 0.352. The lowest BCUT2D eigenvalue weighted by atomic mass is 10.1. The molecule has 166 valence electrons. The smallest absolute Gasteiger partial charge is 0.251 e. The van der Waals surface area contributed by atoms with Gasteiger partial charge < -0.3 is 15.2 Å². The second-order valence-corrected chi connectivity index (χ2v) is 8.53. The van der Waals surface area contributed by atoms with Crippen LogP contribution in [0, 0.1) is 6.92 Å². The van der Waals surface area contributed by atoms with E-state index in [0.29, 0.717) is 33.8 Å². The number of carbonyl (C=O) groups excluding carboxylic acids is 2. The van der Waals surface area contributed by atoms with Crippen LogP contribution in [0.15, 0.2) is 66.3 Å². The molecule has 0 spiro atoms. The SMILES string of the molecule is C=CCn1c(SCC(=O)Nc2cccc(Cl)c2)nnc1[C@@H](C)NC(=O)c1ccc(C)cc1. The van der Waals surface area contributed by atoms with Crippen molar-refractivity contribution in [2.45, 2.75) is 31.6 Å². The molecule has 0 radical (unpaired) electrons. The second-order valence-electron chi connectivity index (χ2n) is 7.15. The zero-order valence-electron chi connectivity index (χ0n) is 17.8. The molecule has 7 nitrogen and oxygen atoms in total. The zero-order valence-corrected chi connectivity index (χ0v) is 19.4. The van der Waals surface area contributed by atoms with Crippen LogP contribution in [-0.4, -0.2) is 32.3 Å². The summed E-state index contributed by atoms with van der Waals surface area (Å²) in [5.74, 6) is 0.350. The van der Waals surface area contributed by atoms with Gasteiger partial charge in [-0.2, -0.15) is 0 Å². The van der Waals surface area contributed by atoms with Crippen molar-refractivity contribution in [2.75, 3.05) is 11.1 Å². The molecule has 2 amide bonds. The lowest BCUT2D eigenvalue weighted by Gasteiger charge is -2.15. The van der Waals surface area contributed by atoms with Crippen LogP contribution in [-0.2, 0) is 11.3 Å². The highest BCUT2D eigenvalue weighted by molar-refractivity contribution is 7.99. The van der Waals surface area contributed by atoms with Gasteiger partial charge in [0.15, 0.2) is 11.0 Å². The summed E-state index contributed by atoms with van der Waals surface area (Å²) in [6, 6.07) is 13.9. The Morgan fingerprint density at radius 3 is 2.66 bits per heavy atom. The average molecular weight is 470 g/mol. The van der Waals surface area contributed by atoms with Gasteiger partial charge in [0.25, 0.3) is 5.91 Å². The summed E-state index contributed by atoms with van der Waals surface area (Å²) in [5.41, 5.74) is 2.29. The maximum Gasteiger partial charge on any atom is 0.251 e. The van der Waals surface area contributed by atoms with E-state index in [-0.39, 0.29) is 23.6 Å². The Labute approximate surface area is 196 Å². The van der Waals surface area contributed by atoms with E-state index in [9.17, 15) is 9.59 Å². The molecule has 0 saturated carbocycles. The molecule has 9 heteroatoms. The minimum Gasteiger partial charge on any atom is -0.342 e. The third-order valence-electron chi connectivity index (χ3n) is 4.55. The zero-order chi connectivity index (χ0) is 23.1. The van der Waals surface area contributed by atoms with Crippen molar-refractivity contribution in [3.05, 3.63) is 83.2 Å². The molecule has 1 atom stereocenters. The number of nitrogens with one attached hydrogen (secondary N) is 2. The molecule has 2 N–H and O–H groups in total. The third-order valence-corrected chi connectivity index (χ3v) is 5.75. The molecule has 3 rings (SSSR count). The number of halogens is 1. The van der Waals surface area contributed by atoms with E-state index in [2.05, 4.69) is 27.4 Å². The fourth-order valence-electron chi connectivity index (χ4n) is 2.97. The minimum absolute atomic E-state index is 0.145. The number of aryl methyl sites for hydroxylation is 1. The maximum absolute atomic E-state index is 12.6. The van der Waals surface area contributed by atoms with Gasteiger partial charge in [0.05, 0.1) is 11.8 Å². The summed E-state index contributed by atoms with van der Waals surface area (Å²) in [4.78, 5) is 24.9. The van der Waals surface area contributed by atoms with Crippen molar-refractivity contribution in [1.29, 1.82) is 0 Å². The molecule has 1 aromatic heterocycles. The first-order valence-electron chi connectivity index (χ1n) is 9.97. The Morgan fingerprint density at radius 1 is 1.22 bits per heavy atom. The number of aromatic nitrogens is 3. The maximum atomic E-state index is 12.6. The van der Waals surface area contributed by atoms with Crippen LogP contribution in [0.25, 0.3) is 0 Å². The lowest BCUT2D eigenvalue weighted by Crippen LogP contribution is -2.28. The van der Waals surface area contributed by atoms with Gasteiger partial charge in [-0.25, -0.2) is 0 Å². The lowest BCUT2D eigenvalue weighted by molar-refractivity contribution is -0.113. The third kappa shape index (κ3) is 6.21. The van der Waals surface area contributed by atoms with Gasteiger partial charge >= 0.3 is 0 Å². The van der Waals surface area contributed by atoms with Gasteiger partial charge in [-0.15, -0.1) is 16.8 Å².